The lowest BCUT2D eigenvalue weighted by Crippen LogP contribution is -2.30. The molecule has 0 saturated heterocycles. The van der Waals surface area contributed by atoms with Gasteiger partial charge in [-0.05, 0) is 20.8 Å². The number of hydrogen-bond donors (Lipinski definition) is 1. The highest BCUT2D eigenvalue weighted by atomic mass is 16.6. The van der Waals surface area contributed by atoms with Gasteiger partial charge in [0.1, 0.15) is 6.07 Å². The number of carbonyl (C=O) groups is 1. The first kappa shape index (κ1) is 11.7. The second-order valence-electron chi connectivity index (χ2n) is 3.48. The minimum Gasteiger partial charge on any atom is -0.428 e. The third kappa shape index (κ3) is 7.09. The maximum atomic E-state index is 10.3. The predicted molar refractivity (Wildman–Crippen MR) is 45.8 cm³/mol. The summed E-state index contributed by atoms with van der Waals surface area (Å²) >= 11 is 0. The van der Waals surface area contributed by atoms with Crippen molar-refractivity contribution in [3.63, 3.8) is 0 Å². The first-order valence-corrected chi connectivity index (χ1v) is 3.85. The quantitative estimate of drug-likeness (QED) is 0.706. The summed E-state index contributed by atoms with van der Waals surface area (Å²) in [5, 5.41) is 8.51. The normalized spacial score (nSPS) is 13.1. The van der Waals surface area contributed by atoms with Crippen molar-refractivity contribution in [2.75, 3.05) is 6.61 Å². The Bertz CT molecular complexity index is 214. The fourth-order valence-electron chi connectivity index (χ4n) is 0.564. The molecule has 74 valence electrons. The minimum absolute atomic E-state index is 0.0307. The van der Waals surface area contributed by atoms with E-state index >= 15 is 0 Å². The molecule has 2 N–H and O–H groups in total. The minimum atomic E-state index is -0.968. The average molecular weight is 186 g/mol. The number of nitrogens with two attached hydrogens (primary N) is 1. The first-order chi connectivity index (χ1) is 5.85. The van der Waals surface area contributed by atoms with Crippen LogP contribution < -0.4 is 5.73 Å². The van der Waals surface area contributed by atoms with E-state index in [0.717, 1.165) is 0 Å². The standard InChI is InChI=1S/C8H14N2O3/c1-8(2,3)12-5-6(4-9)13-7(10)11/h6H,5H2,1-3H3,(H2,10,11). The Morgan fingerprint density at radius 3 is 2.46 bits per heavy atom. The molecular formula is C8H14N2O3. The summed E-state index contributed by atoms with van der Waals surface area (Å²) in [7, 11) is 0. The number of hydrogen-bond acceptors (Lipinski definition) is 4. The zero-order valence-corrected chi connectivity index (χ0v) is 8.03. The van der Waals surface area contributed by atoms with Gasteiger partial charge >= 0.3 is 6.09 Å². The van der Waals surface area contributed by atoms with E-state index in [1.165, 1.54) is 0 Å². The maximum absolute atomic E-state index is 10.3. The van der Waals surface area contributed by atoms with E-state index in [1.807, 2.05) is 20.8 Å². The Morgan fingerprint density at radius 1 is 1.62 bits per heavy atom. The van der Waals surface area contributed by atoms with E-state index in [4.69, 9.17) is 15.7 Å². The molecule has 0 spiro atoms. The fourth-order valence-corrected chi connectivity index (χ4v) is 0.564. The molecule has 0 aromatic rings. The molecule has 1 unspecified atom stereocenters. The van der Waals surface area contributed by atoms with Crippen LogP contribution in [-0.2, 0) is 9.47 Å². The van der Waals surface area contributed by atoms with Gasteiger partial charge in [0.25, 0.3) is 0 Å². The van der Waals surface area contributed by atoms with E-state index in [-0.39, 0.29) is 12.2 Å². The molecule has 0 aromatic carbocycles. The van der Waals surface area contributed by atoms with Gasteiger partial charge in [0, 0.05) is 0 Å². The van der Waals surface area contributed by atoms with Crippen molar-refractivity contribution in [3.8, 4) is 6.07 Å². The lowest BCUT2D eigenvalue weighted by molar-refractivity contribution is -0.0376. The van der Waals surface area contributed by atoms with Crippen molar-refractivity contribution in [1.82, 2.24) is 0 Å². The lowest BCUT2D eigenvalue weighted by atomic mass is 10.2. The second-order valence-corrected chi connectivity index (χ2v) is 3.48. The van der Waals surface area contributed by atoms with E-state index in [9.17, 15) is 4.79 Å². The smallest absolute Gasteiger partial charge is 0.405 e. The van der Waals surface area contributed by atoms with Crippen molar-refractivity contribution in [2.45, 2.75) is 32.5 Å². The largest absolute Gasteiger partial charge is 0.428 e. The Kier molecular flexibility index (Phi) is 4.21. The monoisotopic (exact) mass is 186 g/mol. The van der Waals surface area contributed by atoms with Gasteiger partial charge < -0.3 is 15.2 Å². The van der Waals surface area contributed by atoms with Crippen LogP contribution in [0, 0.1) is 11.3 Å². The van der Waals surface area contributed by atoms with Crippen molar-refractivity contribution in [2.24, 2.45) is 5.73 Å². The molecule has 0 aromatic heterocycles. The number of primary amides is 1. The molecular weight excluding hydrogens is 172 g/mol. The second kappa shape index (κ2) is 4.67. The number of rotatable bonds is 3. The van der Waals surface area contributed by atoms with E-state index in [1.54, 1.807) is 6.07 Å². The molecule has 13 heavy (non-hydrogen) atoms. The molecule has 1 amide bonds. The van der Waals surface area contributed by atoms with Gasteiger partial charge in [-0.25, -0.2) is 4.79 Å². The van der Waals surface area contributed by atoms with Crippen LogP contribution in [0.25, 0.3) is 0 Å². The lowest BCUT2D eigenvalue weighted by Gasteiger charge is -2.20. The van der Waals surface area contributed by atoms with E-state index in [2.05, 4.69) is 4.74 Å². The van der Waals surface area contributed by atoms with Crippen LogP contribution in [0.2, 0.25) is 0 Å². The SMILES string of the molecule is CC(C)(C)OCC(C#N)OC(N)=O. The van der Waals surface area contributed by atoms with Crippen LogP contribution in [0.5, 0.6) is 0 Å². The topological polar surface area (TPSA) is 85.3 Å². The summed E-state index contributed by atoms with van der Waals surface area (Å²) in [6, 6.07) is 1.76. The third-order valence-corrected chi connectivity index (χ3v) is 1.07. The molecule has 5 heteroatoms. The summed E-state index contributed by atoms with van der Waals surface area (Å²) in [5.74, 6) is 0. The highest BCUT2D eigenvalue weighted by Crippen LogP contribution is 2.07. The zero-order chi connectivity index (χ0) is 10.5. The van der Waals surface area contributed by atoms with Crippen molar-refractivity contribution in [3.05, 3.63) is 0 Å². The Hall–Kier alpha value is -1.28. The van der Waals surface area contributed by atoms with Gasteiger partial charge in [-0.15, -0.1) is 0 Å². The summed E-state index contributed by atoms with van der Waals surface area (Å²) in [4.78, 5) is 10.3. The predicted octanol–water partition coefficient (Wildman–Crippen LogP) is 0.789. The van der Waals surface area contributed by atoms with Crippen LogP contribution in [0.15, 0.2) is 0 Å². The highest BCUT2D eigenvalue weighted by molar-refractivity contribution is 5.65. The molecule has 0 rings (SSSR count). The van der Waals surface area contributed by atoms with Gasteiger partial charge in [0.05, 0.1) is 12.2 Å². The molecule has 1 atom stereocenters. The number of nitrogens with zero attached hydrogens (tertiary/aromatic N) is 1. The van der Waals surface area contributed by atoms with E-state index < -0.39 is 12.2 Å². The summed E-state index contributed by atoms with van der Waals surface area (Å²) in [5.41, 5.74) is 4.38. The number of amides is 1. The van der Waals surface area contributed by atoms with Crippen LogP contribution in [0.1, 0.15) is 20.8 Å². The highest BCUT2D eigenvalue weighted by Gasteiger charge is 2.16. The van der Waals surface area contributed by atoms with Gasteiger partial charge in [0.2, 0.25) is 6.10 Å². The third-order valence-electron chi connectivity index (χ3n) is 1.07. The Labute approximate surface area is 77.4 Å². The van der Waals surface area contributed by atoms with Gasteiger partial charge in [-0.3, -0.25) is 0 Å². The summed E-state index contributed by atoms with van der Waals surface area (Å²) in [6.07, 6.45) is -1.90. The fraction of sp³-hybridized carbons (Fsp3) is 0.750. The van der Waals surface area contributed by atoms with Crippen LogP contribution in [-0.4, -0.2) is 24.4 Å². The molecule has 0 aliphatic carbocycles. The molecule has 0 heterocycles. The molecule has 0 fully saturated rings. The van der Waals surface area contributed by atoms with Crippen molar-refractivity contribution in [1.29, 1.82) is 5.26 Å². The summed E-state index contributed by atoms with van der Waals surface area (Å²) in [6.45, 7) is 5.55. The van der Waals surface area contributed by atoms with E-state index in [0.29, 0.717) is 0 Å². The number of carbonyl (C=O) groups excluding carboxylic acids is 1. The summed E-state index contributed by atoms with van der Waals surface area (Å²) < 4.78 is 9.68. The molecule has 0 aliphatic rings. The van der Waals surface area contributed by atoms with Crippen LogP contribution in [0.3, 0.4) is 0 Å². The molecule has 0 radical (unpaired) electrons. The molecule has 5 nitrogen and oxygen atoms in total. The van der Waals surface area contributed by atoms with Crippen LogP contribution >= 0.6 is 0 Å². The van der Waals surface area contributed by atoms with Crippen molar-refractivity contribution < 1.29 is 14.3 Å². The number of nitriles is 1. The van der Waals surface area contributed by atoms with Crippen LogP contribution in [0.4, 0.5) is 4.79 Å². The number of ether oxygens (including phenoxy) is 2. The zero-order valence-electron chi connectivity index (χ0n) is 8.03. The van der Waals surface area contributed by atoms with Gasteiger partial charge in [-0.1, -0.05) is 0 Å². The average Bonchev–Trinajstić information content (AvgIpc) is 1.95. The molecule has 0 aliphatic heterocycles. The Balaban J connectivity index is 3.88. The molecule has 0 saturated carbocycles. The molecule has 0 bridgehead atoms. The first-order valence-electron chi connectivity index (χ1n) is 3.85. The van der Waals surface area contributed by atoms with Crippen molar-refractivity contribution >= 4 is 6.09 Å². The maximum Gasteiger partial charge on any atom is 0.405 e. The van der Waals surface area contributed by atoms with Gasteiger partial charge in [0.15, 0.2) is 0 Å². The van der Waals surface area contributed by atoms with Gasteiger partial charge in [-0.2, -0.15) is 5.26 Å². The Morgan fingerprint density at radius 2 is 2.15 bits per heavy atom.